The fourth-order valence-electron chi connectivity index (χ4n) is 3.15. The average molecular weight is 499 g/mol. The predicted molar refractivity (Wildman–Crippen MR) is 127 cm³/mol. The highest BCUT2D eigenvalue weighted by Crippen LogP contribution is 2.19. The molecule has 1 heterocycles. The van der Waals surface area contributed by atoms with E-state index in [0.717, 1.165) is 55.4 Å². The zero-order chi connectivity index (χ0) is 19.8. The number of nitrogens with zero attached hydrogens (tertiary/aromatic N) is 3. The van der Waals surface area contributed by atoms with Crippen molar-refractivity contribution in [2.24, 2.45) is 12.0 Å². The fraction of sp³-hybridized carbons (Fsp3) is 0.524. The number of aliphatic imine (C=N–C) groups is 1. The summed E-state index contributed by atoms with van der Waals surface area (Å²) in [6.07, 6.45) is 1.82. The van der Waals surface area contributed by atoms with Gasteiger partial charge in [0.05, 0.1) is 12.8 Å². The number of nitrogens with one attached hydrogen (secondary N) is 2. The van der Waals surface area contributed by atoms with Gasteiger partial charge in [-0.05, 0) is 63.3 Å². The molecular weight excluding hydrogens is 465 g/mol. The van der Waals surface area contributed by atoms with Crippen LogP contribution in [0.4, 0.5) is 0 Å². The minimum absolute atomic E-state index is 0. The molecule has 0 radical (unpaired) electrons. The van der Waals surface area contributed by atoms with Crippen LogP contribution in [-0.4, -0.2) is 42.5 Å². The molecule has 6 nitrogen and oxygen atoms in total. The van der Waals surface area contributed by atoms with Gasteiger partial charge in [-0.1, -0.05) is 12.1 Å². The minimum Gasteiger partial charge on any atom is -0.496 e. The maximum Gasteiger partial charge on any atom is 0.191 e. The van der Waals surface area contributed by atoms with E-state index < -0.39 is 0 Å². The molecule has 2 aromatic rings. The van der Waals surface area contributed by atoms with Crippen LogP contribution in [0.25, 0.3) is 0 Å². The molecule has 0 fully saturated rings. The van der Waals surface area contributed by atoms with Crippen molar-refractivity contribution < 1.29 is 4.74 Å². The summed E-state index contributed by atoms with van der Waals surface area (Å²) in [5, 5.41) is 11.2. The molecule has 1 aromatic carbocycles. The maximum atomic E-state index is 5.40. The van der Waals surface area contributed by atoms with Crippen LogP contribution in [0.15, 0.2) is 23.2 Å². The topological polar surface area (TPSA) is 63.5 Å². The highest BCUT2D eigenvalue weighted by atomic mass is 127. The fourth-order valence-corrected chi connectivity index (χ4v) is 3.15. The number of ether oxygens (including phenoxy) is 1. The molecular formula is C21H34IN5O. The van der Waals surface area contributed by atoms with Crippen molar-refractivity contribution in [3.05, 3.63) is 46.3 Å². The van der Waals surface area contributed by atoms with Crippen molar-refractivity contribution in [2.75, 3.05) is 26.7 Å². The third kappa shape index (κ3) is 6.68. The lowest BCUT2D eigenvalue weighted by Crippen LogP contribution is -2.38. The molecule has 0 aliphatic carbocycles. The van der Waals surface area contributed by atoms with Crippen molar-refractivity contribution in [1.29, 1.82) is 0 Å². The Balaban J connectivity index is 0.00000392. The number of aromatic nitrogens is 2. The van der Waals surface area contributed by atoms with E-state index in [1.54, 1.807) is 7.11 Å². The summed E-state index contributed by atoms with van der Waals surface area (Å²) in [5.41, 5.74) is 6.02. The number of halogens is 1. The second-order valence-electron chi connectivity index (χ2n) is 6.76. The van der Waals surface area contributed by atoms with Crippen molar-refractivity contribution in [3.8, 4) is 5.75 Å². The molecule has 0 saturated heterocycles. The van der Waals surface area contributed by atoms with Crippen molar-refractivity contribution in [2.45, 2.75) is 40.5 Å². The van der Waals surface area contributed by atoms with Gasteiger partial charge in [0.15, 0.2) is 5.96 Å². The molecule has 7 heteroatoms. The maximum absolute atomic E-state index is 5.40. The predicted octanol–water partition coefficient (Wildman–Crippen LogP) is 3.31. The van der Waals surface area contributed by atoms with E-state index in [9.17, 15) is 0 Å². The Morgan fingerprint density at radius 3 is 2.54 bits per heavy atom. The summed E-state index contributed by atoms with van der Waals surface area (Å²) in [6, 6.07) is 6.36. The number of guanidine groups is 1. The number of methoxy groups -OCH3 is 1. The number of rotatable bonds is 8. The molecule has 28 heavy (non-hydrogen) atoms. The van der Waals surface area contributed by atoms with Crippen molar-refractivity contribution in [3.63, 3.8) is 0 Å². The molecule has 0 aliphatic rings. The van der Waals surface area contributed by atoms with Gasteiger partial charge in [0, 0.05) is 32.4 Å². The van der Waals surface area contributed by atoms with Crippen molar-refractivity contribution >= 4 is 29.9 Å². The van der Waals surface area contributed by atoms with Gasteiger partial charge in [0.2, 0.25) is 0 Å². The van der Waals surface area contributed by atoms with E-state index in [1.807, 2.05) is 11.7 Å². The Bertz CT molecular complexity index is 785. The second kappa shape index (κ2) is 11.9. The van der Waals surface area contributed by atoms with Crippen LogP contribution in [0.2, 0.25) is 0 Å². The lowest BCUT2D eigenvalue weighted by Gasteiger charge is -2.12. The van der Waals surface area contributed by atoms with Crippen LogP contribution in [0.1, 0.15) is 35.0 Å². The van der Waals surface area contributed by atoms with Crippen LogP contribution in [0.5, 0.6) is 5.75 Å². The van der Waals surface area contributed by atoms with Gasteiger partial charge < -0.3 is 15.4 Å². The summed E-state index contributed by atoms with van der Waals surface area (Å²) < 4.78 is 7.34. The normalized spacial score (nSPS) is 11.1. The van der Waals surface area contributed by atoms with Crippen LogP contribution in [-0.2, 0) is 19.9 Å². The summed E-state index contributed by atoms with van der Waals surface area (Å²) in [4.78, 5) is 4.71. The number of aryl methyl sites for hydroxylation is 3. The third-order valence-electron chi connectivity index (χ3n) is 4.81. The third-order valence-corrected chi connectivity index (χ3v) is 4.81. The standard InChI is InChI=1S/C21H33N5O.HI/c1-7-22-21(24-13-11-19-16(3)25-26(5)17(19)4)23-12-10-18-9-8-15(2)20(14-18)27-6;/h8-9,14H,7,10-13H2,1-6H3,(H2,22,23,24);1H. The van der Waals surface area contributed by atoms with Gasteiger partial charge in [0.1, 0.15) is 5.75 Å². The Morgan fingerprint density at radius 1 is 1.18 bits per heavy atom. The second-order valence-corrected chi connectivity index (χ2v) is 6.76. The van der Waals surface area contributed by atoms with Crippen molar-refractivity contribution in [1.82, 2.24) is 20.4 Å². The molecule has 2 N–H and O–H groups in total. The molecule has 0 atom stereocenters. The zero-order valence-electron chi connectivity index (χ0n) is 17.9. The first kappa shape index (κ1) is 24.3. The highest BCUT2D eigenvalue weighted by Gasteiger charge is 2.08. The summed E-state index contributed by atoms with van der Waals surface area (Å²) in [6.45, 7) is 10.7. The number of hydrogen-bond donors (Lipinski definition) is 2. The first-order valence-electron chi connectivity index (χ1n) is 9.61. The molecule has 0 bridgehead atoms. The monoisotopic (exact) mass is 499 g/mol. The van der Waals surface area contributed by atoms with E-state index in [2.05, 4.69) is 61.6 Å². The molecule has 2 rings (SSSR count). The van der Waals surface area contributed by atoms with Gasteiger partial charge in [-0.2, -0.15) is 5.10 Å². The van der Waals surface area contributed by atoms with Gasteiger partial charge in [0.25, 0.3) is 0 Å². The van der Waals surface area contributed by atoms with E-state index >= 15 is 0 Å². The first-order valence-corrected chi connectivity index (χ1v) is 9.61. The Labute approximate surface area is 186 Å². The van der Waals surface area contributed by atoms with Gasteiger partial charge in [-0.25, -0.2) is 0 Å². The molecule has 0 amide bonds. The first-order chi connectivity index (χ1) is 13.0. The number of hydrogen-bond acceptors (Lipinski definition) is 3. The SMILES string of the molecule is CCNC(=NCCc1c(C)nn(C)c1C)NCCc1ccc(C)c(OC)c1.I. The minimum atomic E-state index is 0. The lowest BCUT2D eigenvalue weighted by molar-refractivity contribution is 0.411. The molecule has 0 saturated carbocycles. The summed E-state index contributed by atoms with van der Waals surface area (Å²) in [5.74, 6) is 1.80. The molecule has 156 valence electrons. The van der Waals surface area contributed by atoms with Gasteiger partial charge in [-0.3, -0.25) is 9.67 Å². The van der Waals surface area contributed by atoms with E-state index in [-0.39, 0.29) is 24.0 Å². The van der Waals surface area contributed by atoms with Crippen LogP contribution in [0.3, 0.4) is 0 Å². The van der Waals surface area contributed by atoms with E-state index in [1.165, 1.54) is 16.8 Å². The quantitative estimate of drug-likeness (QED) is 0.333. The van der Waals surface area contributed by atoms with Crippen LogP contribution < -0.4 is 15.4 Å². The molecule has 0 spiro atoms. The molecule has 0 unspecified atom stereocenters. The summed E-state index contributed by atoms with van der Waals surface area (Å²) >= 11 is 0. The van der Waals surface area contributed by atoms with E-state index in [4.69, 9.17) is 9.73 Å². The number of benzene rings is 1. The molecule has 1 aromatic heterocycles. The Morgan fingerprint density at radius 2 is 1.93 bits per heavy atom. The van der Waals surface area contributed by atoms with Gasteiger partial charge >= 0.3 is 0 Å². The Hall–Kier alpha value is -1.77. The molecule has 0 aliphatic heterocycles. The van der Waals surface area contributed by atoms with Crippen LogP contribution >= 0.6 is 24.0 Å². The smallest absolute Gasteiger partial charge is 0.191 e. The highest BCUT2D eigenvalue weighted by molar-refractivity contribution is 14.0. The summed E-state index contributed by atoms with van der Waals surface area (Å²) in [7, 11) is 3.70. The van der Waals surface area contributed by atoms with Crippen LogP contribution in [0, 0.1) is 20.8 Å². The zero-order valence-corrected chi connectivity index (χ0v) is 20.3. The average Bonchev–Trinajstić information content (AvgIpc) is 2.89. The Kier molecular flexibility index (Phi) is 10.3. The lowest BCUT2D eigenvalue weighted by atomic mass is 10.1. The van der Waals surface area contributed by atoms with Gasteiger partial charge in [-0.15, -0.1) is 24.0 Å². The van der Waals surface area contributed by atoms with E-state index in [0.29, 0.717) is 0 Å². The largest absolute Gasteiger partial charge is 0.496 e.